The number of anilines is 1. The molecule has 0 bridgehead atoms. The zero-order valence-corrected chi connectivity index (χ0v) is 9.09. The highest BCUT2D eigenvalue weighted by Crippen LogP contribution is 2.14. The van der Waals surface area contributed by atoms with Gasteiger partial charge in [0, 0.05) is 17.8 Å². The van der Waals surface area contributed by atoms with E-state index in [1.54, 1.807) is 0 Å². The summed E-state index contributed by atoms with van der Waals surface area (Å²) in [5.41, 5.74) is 6.37. The summed E-state index contributed by atoms with van der Waals surface area (Å²) in [7, 11) is 0. The summed E-state index contributed by atoms with van der Waals surface area (Å²) in [6, 6.07) is 0.147. The molecule has 2 rings (SSSR count). The zero-order valence-electron chi connectivity index (χ0n) is 8.27. The monoisotopic (exact) mass is 223 g/mol. The Morgan fingerprint density at radius 3 is 3.20 bits per heavy atom. The summed E-state index contributed by atoms with van der Waals surface area (Å²) in [4.78, 5) is 15.2. The molecule has 2 heterocycles. The number of piperidine rings is 1. The van der Waals surface area contributed by atoms with Gasteiger partial charge in [-0.15, -0.1) is 11.3 Å². The average Bonchev–Trinajstić information content (AvgIpc) is 2.62. The van der Waals surface area contributed by atoms with Crippen LogP contribution in [0, 0.1) is 0 Å². The SMILES string of the molecule is Nc1nc(/C=C/C2CCCC(=O)N2)cs1. The maximum absolute atomic E-state index is 11.1. The molecule has 1 unspecified atom stereocenters. The van der Waals surface area contributed by atoms with Crippen LogP contribution in [0.15, 0.2) is 11.5 Å². The van der Waals surface area contributed by atoms with Gasteiger partial charge in [-0.3, -0.25) is 4.79 Å². The summed E-state index contributed by atoms with van der Waals surface area (Å²) in [6.45, 7) is 0. The molecule has 0 spiro atoms. The Balaban J connectivity index is 1.96. The van der Waals surface area contributed by atoms with E-state index in [-0.39, 0.29) is 11.9 Å². The minimum Gasteiger partial charge on any atom is -0.375 e. The third-order valence-corrected chi connectivity index (χ3v) is 3.00. The van der Waals surface area contributed by atoms with Crippen LogP contribution in [-0.4, -0.2) is 16.9 Å². The second-order valence-corrected chi connectivity index (χ2v) is 4.43. The van der Waals surface area contributed by atoms with E-state index >= 15 is 0 Å². The Kier molecular flexibility index (Phi) is 3.01. The van der Waals surface area contributed by atoms with Crippen LogP contribution in [0.5, 0.6) is 0 Å². The van der Waals surface area contributed by atoms with Gasteiger partial charge in [-0.2, -0.15) is 0 Å². The van der Waals surface area contributed by atoms with Crippen molar-refractivity contribution in [2.75, 3.05) is 5.73 Å². The van der Waals surface area contributed by atoms with Gasteiger partial charge in [0.05, 0.1) is 5.69 Å². The first kappa shape index (κ1) is 10.2. The van der Waals surface area contributed by atoms with Gasteiger partial charge >= 0.3 is 0 Å². The highest BCUT2D eigenvalue weighted by Gasteiger charge is 2.14. The molecule has 1 saturated heterocycles. The van der Waals surface area contributed by atoms with Crippen LogP contribution in [0.25, 0.3) is 6.08 Å². The molecule has 0 aromatic carbocycles. The lowest BCUT2D eigenvalue weighted by Gasteiger charge is -2.19. The highest BCUT2D eigenvalue weighted by atomic mass is 32.1. The van der Waals surface area contributed by atoms with E-state index in [1.807, 2.05) is 17.5 Å². The molecule has 15 heavy (non-hydrogen) atoms. The number of rotatable bonds is 2. The van der Waals surface area contributed by atoms with Gasteiger partial charge in [0.15, 0.2) is 5.13 Å². The molecule has 0 radical (unpaired) electrons. The van der Waals surface area contributed by atoms with Crippen LogP contribution < -0.4 is 11.1 Å². The fourth-order valence-electron chi connectivity index (χ4n) is 1.57. The smallest absolute Gasteiger partial charge is 0.220 e. The molecule has 1 aliphatic rings. The van der Waals surface area contributed by atoms with Gasteiger partial charge in [-0.05, 0) is 18.9 Å². The second kappa shape index (κ2) is 4.44. The molecule has 1 aromatic rings. The van der Waals surface area contributed by atoms with Crippen molar-refractivity contribution in [3.8, 4) is 0 Å². The van der Waals surface area contributed by atoms with Crippen LogP contribution in [0.2, 0.25) is 0 Å². The molecule has 1 fully saturated rings. The van der Waals surface area contributed by atoms with Crippen molar-refractivity contribution in [3.05, 3.63) is 17.2 Å². The standard InChI is InChI=1S/C10H13N3OS/c11-10-13-8(6-15-10)5-4-7-2-1-3-9(14)12-7/h4-7H,1-3H2,(H2,11,13)(H,12,14)/b5-4+. The molecule has 3 N–H and O–H groups in total. The number of amides is 1. The first-order chi connectivity index (χ1) is 7.24. The van der Waals surface area contributed by atoms with Gasteiger partial charge in [-0.1, -0.05) is 6.08 Å². The van der Waals surface area contributed by atoms with Crippen LogP contribution in [0.1, 0.15) is 25.0 Å². The second-order valence-electron chi connectivity index (χ2n) is 3.54. The van der Waals surface area contributed by atoms with Crippen molar-refractivity contribution in [2.24, 2.45) is 0 Å². The maximum atomic E-state index is 11.1. The van der Waals surface area contributed by atoms with Gasteiger partial charge in [-0.25, -0.2) is 4.98 Å². The molecule has 1 atom stereocenters. The van der Waals surface area contributed by atoms with Crippen LogP contribution in [0.4, 0.5) is 5.13 Å². The Hall–Kier alpha value is -1.36. The number of nitrogens with one attached hydrogen (secondary N) is 1. The number of hydrogen-bond donors (Lipinski definition) is 2. The fraction of sp³-hybridized carbons (Fsp3) is 0.400. The lowest BCUT2D eigenvalue weighted by molar-refractivity contribution is -0.122. The highest BCUT2D eigenvalue weighted by molar-refractivity contribution is 7.13. The Morgan fingerprint density at radius 2 is 2.53 bits per heavy atom. The van der Waals surface area contributed by atoms with Crippen molar-refractivity contribution >= 4 is 28.5 Å². The molecular formula is C10H13N3OS. The number of nitrogens with two attached hydrogens (primary N) is 1. The van der Waals surface area contributed by atoms with Crippen molar-refractivity contribution < 1.29 is 4.79 Å². The Morgan fingerprint density at radius 1 is 1.67 bits per heavy atom. The minimum absolute atomic E-state index is 0.133. The van der Waals surface area contributed by atoms with Crippen LogP contribution >= 0.6 is 11.3 Å². The summed E-state index contributed by atoms with van der Waals surface area (Å²) in [5.74, 6) is 0.133. The van der Waals surface area contributed by atoms with Gasteiger partial charge in [0.25, 0.3) is 0 Å². The predicted octanol–water partition coefficient (Wildman–Crippen LogP) is 1.41. The summed E-state index contributed by atoms with van der Waals surface area (Å²) >= 11 is 1.42. The van der Waals surface area contributed by atoms with Gasteiger partial charge < -0.3 is 11.1 Å². The number of nitrogen functional groups attached to an aromatic ring is 1. The first-order valence-electron chi connectivity index (χ1n) is 4.92. The molecule has 1 aromatic heterocycles. The summed E-state index contributed by atoms with van der Waals surface area (Å²) in [6.07, 6.45) is 6.49. The van der Waals surface area contributed by atoms with E-state index in [9.17, 15) is 4.79 Å². The summed E-state index contributed by atoms with van der Waals surface area (Å²) < 4.78 is 0. The molecule has 1 aliphatic heterocycles. The zero-order chi connectivity index (χ0) is 10.7. The lowest BCUT2D eigenvalue weighted by atomic mass is 10.0. The van der Waals surface area contributed by atoms with E-state index in [4.69, 9.17) is 5.73 Å². The summed E-state index contributed by atoms with van der Waals surface area (Å²) in [5, 5.41) is 5.38. The van der Waals surface area contributed by atoms with Crippen molar-refractivity contribution in [1.29, 1.82) is 0 Å². The third kappa shape index (κ3) is 2.79. The third-order valence-electron chi connectivity index (χ3n) is 2.30. The average molecular weight is 223 g/mol. The fourth-order valence-corrected chi connectivity index (χ4v) is 2.10. The lowest BCUT2D eigenvalue weighted by Crippen LogP contribution is -2.37. The van der Waals surface area contributed by atoms with Gasteiger partial charge in [0.2, 0.25) is 5.91 Å². The van der Waals surface area contributed by atoms with E-state index in [0.29, 0.717) is 11.6 Å². The van der Waals surface area contributed by atoms with Gasteiger partial charge in [0.1, 0.15) is 0 Å². The molecule has 80 valence electrons. The molecule has 4 nitrogen and oxygen atoms in total. The Bertz CT molecular complexity index is 386. The minimum atomic E-state index is 0.133. The van der Waals surface area contributed by atoms with E-state index < -0.39 is 0 Å². The van der Waals surface area contributed by atoms with Crippen molar-refractivity contribution in [2.45, 2.75) is 25.3 Å². The molecule has 1 amide bonds. The quantitative estimate of drug-likeness (QED) is 0.796. The number of carbonyl (C=O) groups is 1. The molecular weight excluding hydrogens is 210 g/mol. The number of nitrogens with zero attached hydrogens (tertiary/aromatic N) is 1. The van der Waals surface area contributed by atoms with Crippen molar-refractivity contribution in [1.82, 2.24) is 10.3 Å². The van der Waals surface area contributed by atoms with E-state index in [1.165, 1.54) is 11.3 Å². The van der Waals surface area contributed by atoms with Crippen LogP contribution in [0.3, 0.4) is 0 Å². The largest absolute Gasteiger partial charge is 0.375 e. The number of thiazole rings is 1. The van der Waals surface area contributed by atoms with Crippen molar-refractivity contribution in [3.63, 3.8) is 0 Å². The number of aromatic nitrogens is 1. The molecule has 0 saturated carbocycles. The van der Waals surface area contributed by atoms with E-state index in [2.05, 4.69) is 10.3 Å². The predicted molar refractivity (Wildman–Crippen MR) is 61.3 cm³/mol. The molecule has 0 aliphatic carbocycles. The van der Waals surface area contributed by atoms with E-state index in [0.717, 1.165) is 18.5 Å². The number of hydrogen-bond acceptors (Lipinski definition) is 4. The van der Waals surface area contributed by atoms with Crippen LogP contribution in [-0.2, 0) is 4.79 Å². The Labute approximate surface area is 92.2 Å². The topological polar surface area (TPSA) is 68.0 Å². The maximum Gasteiger partial charge on any atom is 0.220 e. The molecule has 5 heteroatoms. The first-order valence-corrected chi connectivity index (χ1v) is 5.80. The normalized spacial score (nSPS) is 21.9. The number of carbonyl (C=O) groups excluding carboxylic acids is 1.